The summed E-state index contributed by atoms with van der Waals surface area (Å²) in [4.78, 5) is 11.8. The van der Waals surface area contributed by atoms with E-state index in [4.69, 9.17) is 34.8 Å². The van der Waals surface area contributed by atoms with Gasteiger partial charge in [-0.1, -0.05) is 40.9 Å². The second kappa shape index (κ2) is 7.12. The molecule has 1 N–H and O–H groups in total. The Bertz CT molecular complexity index is 676. The number of carbonyl (C=O) groups excluding carboxylic acids is 1. The van der Waals surface area contributed by atoms with Crippen molar-refractivity contribution in [3.05, 3.63) is 62.8 Å². The molecule has 2 aromatic carbocycles. The molecule has 0 spiro atoms. The summed E-state index contributed by atoms with van der Waals surface area (Å²) in [5.74, 6) is -0.714. The van der Waals surface area contributed by atoms with Crippen LogP contribution in [0.1, 0.15) is 12.0 Å². The van der Waals surface area contributed by atoms with Gasteiger partial charge in [0.2, 0.25) is 5.91 Å². The Morgan fingerprint density at radius 2 is 1.76 bits per heavy atom. The third-order valence-corrected chi connectivity index (χ3v) is 3.86. The number of benzene rings is 2. The second-order valence-electron chi connectivity index (χ2n) is 4.43. The van der Waals surface area contributed by atoms with E-state index < -0.39 is 5.82 Å². The van der Waals surface area contributed by atoms with Crippen LogP contribution in [-0.2, 0) is 11.2 Å². The zero-order valence-corrected chi connectivity index (χ0v) is 13.1. The first kappa shape index (κ1) is 16.1. The fourth-order valence-corrected chi connectivity index (χ4v) is 2.25. The first-order chi connectivity index (χ1) is 9.95. The summed E-state index contributed by atoms with van der Waals surface area (Å²) in [5, 5.41) is 3.56. The lowest BCUT2D eigenvalue weighted by Gasteiger charge is -2.07. The third kappa shape index (κ3) is 4.60. The maximum absolute atomic E-state index is 13.0. The van der Waals surface area contributed by atoms with E-state index in [9.17, 15) is 9.18 Å². The minimum atomic E-state index is -0.523. The van der Waals surface area contributed by atoms with Gasteiger partial charge in [-0.2, -0.15) is 0 Å². The number of aryl methyl sites for hydroxylation is 1. The predicted molar refractivity (Wildman–Crippen MR) is 84.8 cm³/mol. The van der Waals surface area contributed by atoms with Gasteiger partial charge in [-0.3, -0.25) is 4.79 Å². The van der Waals surface area contributed by atoms with Gasteiger partial charge in [0.25, 0.3) is 0 Å². The smallest absolute Gasteiger partial charge is 0.224 e. The summed E-state index contributed by atoms with van der Waals surface area (Å²) in [6, 6.07) is 9.27. The molecule has 1 amide bonds. The minimum Gasteiger partial charge on any atom is -0.326 e. The molecule has 0 aliphatic heterocycles. The molecule has 0 fully saturated rings. The molecule has 0 atom stereocenters. The minimum absolute atomic E-state index is 0.0303. The maximum atomic E-state index is 13.0. The predicted octanol–water partition coefficient (Wildman–Crippen LogP) is 5.36. The zero-order valence-electron chi connectivity index (χ0n) is 10.8. The summed E-state index contributed by atoms with van der Waals surface area (Å²) in [5.41, 5.74) is 1.37. The van der Waals surface area contributed by atoms with E-state index in [1.165, 1.54) is 18.2 Å². The fraction of sp³-hybridized carbons (Fsp3) is 0.133. The van der Waals surface area contributed by atoms with Crippen LogP contribution in [0.15, 0.2) is 36.4 Å². The molecule has 2 aromatic rings. The van der Waals surface area contributed by atoms with Gasteiger partial charge >= 0.3 is 0 Å². The summed E-state index contributed by atoms with van der Waals surface area (Å²) < 4.78 is 13.0. The lowest BCUT2D eigenvalue weighted by molar-refractivity contribution is -0.116. The molecule has 0 aromatic heterocycles. The van der Waals surface area contributed by atoms with Gasteiger partial charge in [0.15, 0.2) is 0 Å². The lowest BCUT2D eigenvalue weighted by atomic mass is 10.1. The van der Waals surface area contributed by atoms with Crippen LogP contribution in [0.25, 0.3) is 0 Å². The van der Waals surface area contributed by atoms with Gasteiger partial charge in [0.05, 0.1) is 15.1 Å². The number of carbonyl (C=O) groups is 1. The molecular formula is C15H11Cl3FNO. The molecule has 0 bridgehead atoms. The van der Waals surface area contributed by atoms with Crippen molar-refractivity contribution in [1.82, 2.24) is 0 Å². The normalized spacial score (nSPS) is 10.5. The van der Waals surface area contributed by atoms with Crippen LogP contribution in [0.4, 0.5) is 10.1 Å². The average Bonchev–Trinajstić information content (AvgIpc) is 2.44. The quantitative estimate of drug-likeness (QED) is 0.793. The molecule has 110 valence electrons. The highest BCUT2D eigenvalue weighted by atomic mass is 35.5. The molecule has 0 radical (unpaired) electrons. The standard InChI is InChI=1S/C15H11Cl3FNO/c16-11-4-1-9(7-12(11)17)2-6-15(21)20-10-3-5-14(19)13(18)8-10/h1,3-5,7-8H,2,6H2,(H,20,21). The Morgan fingerprint density at radius 3 is 2.43 bits per heavy atom. The topological polar surface area (TPSA) is 29.1 Å². The van der Waals surface area contributed by atoms with Crippen molar-refractivity contribution in [2.24, 2.45) is 0 Å². The van der Waals surface area contributed by atoms with Crippen LogP contribution in [-0.4, -0.2) is 5.91 Å². The molecule has 0 saturated heterocycles. The average molecular weight is 347 g/mol. The summed E-state index contributed by atoms with van der Waals surface area (Å²) in [7, 11) is 0. The Balaban J connectivity index is 1.92. The number of hydrogen-bond donors (Lipinski definition) is 1. The second-order valence-corrected chi connectivity index (χ2v) is 5.65. The Kier molecular flexibility index (Phi) is 5.45. The van der Waals surface area contributed by atoms with Crippen molar-refractivity contribution in [1.29, 1.82) is 0 Å². The number of anilines is 1. The van der Waals surface area contributed by atoms with Crippen LogP contribution in [0, 0.1) is 5.82 Å². The van der Waals surface area contributed by atoms with Crippen molar-refractivity contribution in [2.75, 3.05) is 5.32 Å². The van der Waals surface area contributed by atoms with E-state index in [1.807, 2.05) is 6.07 Å². The number of amides is 1. The van der Waals surface area contributed by atoms with Crippen LogP contribution < -0.4 is 5.32 Å². The zero-order chi connectivity index (χ0) is 15.4. The highest BCUT2D eigenvalue weighted by molar-refractivity contribution is 6.42. The van der Waals surface area contributed by atoms with Gasteiger partial charge in [-0.05, 0) is 42.3 Å². The van der Waals surface area contributed by atoms with Crippen LogP contribution in [0.2, 0.25) is 15.1 Å². The maximum Gasteiger partial charge on any atom is 0.224 e. The van der Waals surface area contributed by atoms with Crippen molar-refractivity contribution >= 4 is 46.4 Å². The summed E-state index contributed by atoms with van der Waals surface area (Å²) in [6.07, 6.45) is 0.796. The monoisotopic (exact) mass is 345 g/mol. The summed E-state index contributed by atoms with van der Waals surface area (Å²) >= 11 is 17.4. The van der Waals surface area contributed by atoms with Crippen molar-refractivity contribution < 1.29 is 9.18 Å². The molecule has 2 nitrogen and oxygen atoms in total. The van der Waals surface area contributed by atoms with Gasteiger partial charge < -0.3 is 5.32 Å². The van der Waals surface area contributed by atoms with Crippen molar-refractivity contribution in [2.45, 2.75) is 12.8 Å². The van der Waals surface area contributed by atoms with Crippen LogP contribution in [0.3, 0.4) is 0 Å². The molecule has 21 heavy (non-hydrogen) atoms. The molecule has 0 aliphatic rings. The van der Waals surface area contributed by atoms with Gasteiger partial charge in [-0.15, -0.1) is 0 Å². The van der Waals surface area contributed by atoms with E-state index in [1.54, 1.807) is 12.1 Å². The van der Waals surface area contributed by atoms with Gasteiger partial charge in [-0.25, -0.2) is 4.39 Å². The number of halogens is 4. The van der Waals surface area contributed by atoms with Crippen LogP contribution >= 0.6 is 34.8 Å². The summed E-state index contributed by atoms with van der Waals surface area (Å²) in [6.45, 7) is 0. The van der Waals surface area contributed by atoms with E-state index in [-0.39, 0.29) is 17.4 Å². The Morgan fingerprint density at radius 1 is 1.00 bits per heavy atom. The molecule has 2 rings (SSSR count). The fourth-order valence-electron chi connectivity index (χ4n) is 1.75. The Labute approximate surface area is 136 Å². The highest BCUT2D eigenvalue weighted by Gasteiger charge is 2.07. The van der Waals surface area contributed by atoms with Crippen molar-refractivity contribution in [3.8, 4) is 0 Å². The van der Waals surface area contributed by atoms with Crippen LogP contribution in [0.5, 0.6) is 0 Å². The largest absolute Gasteiger partial charge is 0.326 e. The molecule has 0 aliphatic carbocycles. The molecular weight excluding hydrogens is 336 g/mol. The van der Waals surface area contributed by atoms with E-state index >= 15 is 0 Å². The SMILES string of the molecule is O=C(CCc1ccc(Cl)c(Cl)c1)Nc1ccc(F)c(Cl)c1. The van der Waals surface area contributed by atoms with E-state index in [0.29, 0.717) is 22.2 Å². The number of rotatable bonds is 4. The highest BCUT2D eigenvalue weighted by Crippen LogP contribution is 2.23. The van der Waals surface area contributed by atoms with E-state index in [0.717, 1.165) is 5.56 Å². The van der Waals surface area contributed by atoms with Gasteiger partial charge in [0.1, 0.15) is 5.82 Å². The number of hydrogen-bond acceptors (Lipinski definition) is 1. The van der Waals surface area contributed by atoms with Crippen molar-refractivity contribution in [3.63, 3.8) is 0 Å². The lowest BCUT2D eigenvalue weighted by Crippen LogP contribution is -2.12. The first-order valence-electron chi connectivity index (χ1n) is 6.14. The van der Waals surface area contributed by atoms with E-state index in [2.05, 4.69) is 5.32 Å². The molecule has 0 saturated carbocycles. The third-order valence-electron chi connectivity index (χ3n) is 2.83. The number of nitrogens with one attached hydrogen (secondary N) is 1. The van der Waals surface area contributed by atoms with Gasteiger partial charge in [0, 0.05) is 12.1 Å². The molecule has 0 unspecified atom stereocenters. The molecule has 0 heterocycles. The Hall–Kier alpha value is -1.29. The molecule has 6 heteroatoms. The first-order valence-corrected chi connectivity index (χ1v) is 7.28.